The van der Waals surface area contributed by atoms with Gasteiger partial charge in [0, 0.05) is 24.4 Å². The van der Waals surface area contributed by atoms with Gasteiger partial charge >= 0.3 is 0 Å². The topological polar surface area (TPSA) is 20.3 Å². The van der Waals surface area contributed by atoms with Crippen LogP contribution >= 0.6 is 11.8 Å². The van der Waals surface area contributed by atoms with Crippen molar-refractivity contribution in [2.45, 2.75) is 19.4 Å². The smallest absolute Gasteiger partial charge is 0.253 e. The maximum absolute atomic E-state index is 12.1. The van der Waals surface area contributed by atoms with Gasteiger partial charge in [-0.15, -0.1) is 0 Å². The van der Waals surface area contributed by atoms with Crippen molar-refractivity contribution in [2.24, 2.45) is 0 Å². The van der Waals surface area contributed by atoms with Crippen molar-refractivity contribution >= 4 is 17.7 Å². The lowest BCUT2D eigenvalue weighted by atomic mass is 10.1. The molecule has 16 heavy (non-hydrogen) atoms. The van der Waals surface area contributed by atoms with Crippen LogP contribution in [0.3, 0.4) is 0 Å². The Balaban J connectivity index is 2.73. The molecular weight excluding hydrogens is 218 g/mol. The van der Waals surface area contributed by atoms with Crippen molar-refractivity contribution in [3.05, 3.63) is 35.9 Å². The average Bonchev–Trinajstić information content (AvgIpc) is 2.35. The van der Waals surface area contributed by atoms with Crippen molar-refractivity contribution < 1.29 is 4.79 Å². The highest BCUT2D eigenvalue weighted by Crippen LogP contribution is 2.12. The van der Waals surface area contributed by atoms with Crippen molar-refractivity contribution in [1.82, 2.24) is 4.90 Å². The highest BCUT2D eigenvalue weighted by Gasteiger charge is 2.18. The van der Waals surface area contributed by atoms with Gasteiger partial charge in [0.15, 0.2) is 0 Å². The van der Waals surface area contributed by atoms with E-state index in [-0.39, 0.29) is 5.91 Å². The van der Waals surface area contributed by atoms with E-state index < -0.39 is 0 Å². The Labute approximate surface area is 102 Å². The van der Waals surface area contributed by atoms with E-state index in [1.807, 2.05) is 42.3 Å². The summed E-state index contributed by atoms with van der Waals surface area (Å²) in [5.74, 6) is 1.10. The quantitative estimate of drug-likeness (QED) is 0.785. The molecule has 0 aliphatic heterocycles. The van der Waals surface area contributed by atoms with Crippen LogP contribution in [0.1, 0.15) is 23.7 Å². The van der Waals surface area contributed by atoms with Crippen molar-refractivity contribution in [3.8, 4) is 0 Å². The molecule has 1 aromatic carbocycles. The Hall–Kier alpha value is -0.960. The second-order valence-electron chi connectivity index (χ2n) is 3.80. The number of thioether (sulfide) groups is 1. The van der Waals surface area contributed by atoms with Gasteiger partial charge in [-0.3, -0.25) is 4.79 Å². The third kappa shape index (κ3) is 3.27. The summed E-state index contributed by atoms with van der Waals surface area (Å²) in [6.45, 7) is 2.12. The molecule has 3 heteroatoms. The highest BCUT2D eigenvalue weighted by atomic mass is 32.2. The number of carbonyl (C=O) groups excluding carboxylic acids is 1. The van der Waals surface area contributed by atoms with Gasteiger partial charge < -0.3 is 4.90 Å². The SMILES string of the molecule is CCC(CSC)N(C)C(=O)c1ccccc1. The maximum Gasteiger partial charge on any atom is 0.253 e. The lowest BCUT2D eigenvalue weighted by Gasteiger charge is -2.26. The normalized spacial score (nSPS) is 12.2. The van der Waals surface area contributed by atoms with Gasteiger partial charge in [0.05, 0.1) is 0 Å². The van der Waals surface area contributed by atoms with Gasteiger partial charge in [-0.05, 0) is 24.8 Å². The summed E-state index contributed by atoms with van der Waals surface area (Å²) in [7, 11) is 1.89. The molecule has 0 radical (unpaired) electrons. The fraction of sp³-hybridized carbons (Fsp3) is 0.462. The maximum atomic E-state index is 12.1. The molecule has 0 bridgehead atoms. The van der Waals surface area contributed by atoms with E-state index in [2.05, 4.69) is 13.2 Å². The summed E-state index contributed by atoms with van der Waals surface area (Å²) in [5, 5.41) is 0. The fourth-order valence-electron chi connectivity index (χ4n) is 1.65. The van der Waals surface area contributed by atoms with Gasteiger partial charge in [-0.2, -0.15) is 11.8 Å². The minimum atomic E-state index is 0.113. The lowest BCUT2D eigenvalue weighted by molar-refractivity contribution is 0.0743. The number of hydrogen-bond acceptors (Lipinski definition) is 2. The zero-order chi connectivity index (χ0) is 12.0. The molecule has 0 spiro atoms. The van der Waals surface area contributed by atoms with Crippen molar-refractivity contribution in [3.63, 3.8) is 0 Å². The summed E-state index contributed by atoms with van der Waals surface area (Å²) in [4.78, 5) is 14.0. The Kier molecular flexibility index (Phi) is 5.39. The molecule has 1 amide bonds. The van der Waals surface area contributed by atoms with Crippen LogP contribution in [0.15, 0.2) is 30.3 Å². The number of nitrogens with zero attached hydrogens (tertiary/aromatic N) is 1. The molecule has 0 aromatic heterocycles. The van der Waals surface area contributed by atoms with E-state index in [1.54, 1.807) is 11.8 Å². The van der Waals surface area contributed by atoms with Gasteiger partial charge in [-0.25, -0.2) is 0 Å². The molecule has 1 rings (SSSR count). The highest BCUT2D eigenvalue weighted by molar-refractivity contribution is 7.98. The third-order valence-corrected chi connectivity index (χ3v) is 3.44. The van der Waals surface area contributed by atoms with E-state index >= 15 is 0 Å². The van der Waals surface area contributed by atoms with E-state index in [1.165, 1.54) is 0 Å². The second kappa shape index (κ2) is 6.59. The molecule has 0 heterocycles. The lowest BCUT2D eigenvalue weighted by Crippen LogP contribution is -2.38. The van der Waals surface area contributed by atoms with E-state index in [0.717, 1.165) is 17.7 Å². The molecule has 2 nitrogen and oxygen atoms in total. The molecule has 1 unspecified atom stereocenters. The summed E-state index contributed by atoms with van der Waals surface area (Å²) in [5.41, 5.74) is 0.768. The standard InChI is InChI=1S/C13H19NOS/c1-4-12(10-16-3)14(2)13(15)11-8-6-5-7-9-11/h5-9,12H,4,10H2,1-3H3. The largest absolute Gasteiger partial charge is 0.338 e. The number of hydrogen-bond donors (Lipinski definition) is 0. The Bertz CT molecular complexity index is 326. The van der Waals surface area contributed by atoms with Crippen LogP contribution in [-0.2, 0) is 0 Å². The molecule has 0 saturated heterocycles. The van der Waals surface area contributed by atoms with E-state index in [0.29, 0.717) is 6.04 Å². The molecule has 1 aromatic rings. The fourth-order valence-corrected chi connectivity index (χ4v) is 2.49. The van der Waals surface area contributed by atoms with Crippen molar-refractivity contribution in [2.75, 3.05) is 19.1 Å². The van der Waals surface area contributed by atoms with Crippen LogP contribution in [0.4, 0.5) is 0 Å². The average molecular weight is 237 g/mol. The van der Waals surface area contributed by atoms with Crippen LogP contribution in [0.2, 0.25) is 0 Å². The van der Waals surface area contributed by atoms with E-state index in [4.69, 9.17) is 0 Å². The second-order valence-corrected chi connectivity index (χ2v) is 4.71. The zero-order valence-electron chi connectivity index (χ0n) is 10.1. The molecular formula is C13H19NOS. The third-order valence-electron chi connectivity index (χ3n) is 2.72. The number of carbonyl (C=O) groups is 1. The van der Waals surface area contributed by atoms with Crippen molar-refractivity contribution in [1.29, 1.82) is 0 Å². The number of rotatable bonds is 5. The van der Waals surface area contributed by atoms with Crippen LogP contribution < -0.4 is 0 Å². The van der Waals surface area contributed by atoms with Gasteiger partial charge in [0.2, 0.25) is 0 Å². The monoisotopic (exact) mass is 237 g/mol. The van der Waals surface area contributed by atoms with Crippen LogP contribution in [0.25, 0.3) is 0 Å². The first-order valence-electron chi connectivity index (χ1n) is 5.51. The summed E-state index contributed by atoms with van der Waals surface area (Å²) >= 11 is 1.78. The molecule has 0 aliphatic carbocycles. The summed E-state index contributed by atoms with van der Waals surface area (Å²) < 4.78 is 0. The molecule has 0 N–H and O–H groups in total. The Morgan fingerprint density at radius 1 is 1.38 bits per heavy atom. The number of benzene rings is 1. The first-order valence-corrected chi connectivity index (χ1v) is 6.91. The first-order chi connectivity index (χ1) is 7.70. The summed E-state index contributed by atoms with van der Waals surface area (Å²) in [6.07, 6.45) is 3.07. The predicted molar refractivity (Wildman–Crippen MR) is 71.0 cm³/mol. The van der Waals surface area contributed by atoms with Gasteiger partial charge in [0.25, 0.3) is 5.91 Å². The van der Waals surface area contributed by atoms with Gasteiger partial charge in [0.1, 0.15) is 0 Å². The number of amides is 1. The van der Waals surface area contributed by atoms with E-state index in [9.17, 15) is 4.79 Å². The van der Waals surface area contributed by atoms with Gasteiger partial charge in [-0.1, -0.05) is 25.1 Å². The minimum absolute atomic E-state index is 0.113. The zero-order valence-corrected chi connectivity index (χ0v) is 11.0. The van der Waals surface area contributed by atoms with Crippen LogP contribution in [0, 0.1) is 0 Å². The molecule has 1 atom stereocenters. The molecule has 0 saturated carbocycles. The summed E-state index contributed by atoms with van der Waals surface area (Å²) in [6, 6.07) is 9.78. The Morgan fingerprint density at radius 2 is 2.00 bits per heavy atom. The molecule has 0 aliphatic rings. The molecule has 88 valence electrons. The van der Waals surface area contributed by atoms with Crippen LogP contribution in [0.5, 0.6) is 0 Å². The molecule has 0 fully saturated rings. The Morgan fingerprint density at radius 3 is 2.50 bits per heavy atom. The predicted octanol–water partition coefficient (Wildman–Crippen LogP) is 2.90. The first kappa shape index (κ1) is 13.1. The minimum Gasteiger partial charge on any atom is -0.338 e. The van der Waals surface area contributed by atoms with Crippen LogP contribution in [-0.4, -0.2) is 35.9 Å².